The molecule has 9 heteroatoms. The zero-order chi connectivity index (χ0) is 24.6. The van der Waals surface area contributed by atoms with Crippen molar-refractivity contribution < 1.29 is 19.1 Å². The highest BCUT2D eigenvalue weighted by molar-refractivity contribution is 5.70. The lowest BCUT2D eigenvalue weighted by molar-refractivity contribution is -0.141. The summed E-state index contributed by atoms with van der Waals surface area (Å²) in [6, 6.07) is 10.8. The maximum Gasteiger partial charge on any atom is 0.411 e. The fraction of sp³-hybridized carbons (Fsp3) is 0.692. The number of carbonyl (C=O) groups excluding carboxylic acids is 2. The van der Waals surface area contributed by atoms with E-state index in [1.54, 1.807) is 4.90 Å². The van der Waals surface area contributed by atoms with E-state index in [0.717, 1.165) is 78.3 Å². The SMILES string of the molecule is COC(=O)CCN1CCN(C2OC(=O)N(C)C2CCCN2CCN(Cc3ccccc3)CC2)CC1. The van der Waals surface area contributed by atoms with E-state index in [4.69, 9.17) is 9.47 Å². The number of hydrogen-bond donors (Lipinski definition) is 0. The number of cyclic esters (lactones) is 1. The average molecular weight is 488 g/mol. The molecule has 0 bridgehead atoms. The Labute approximate surface area is 209 Å². The summed E-state index contributed by atoms with van der Waals surface area (Å²) in [6.07, 6.45) is 2.01. The van der Waals surface area contributed by atoms with Crippen LogP contribution < -0.4 is 0 Å². The first-order valence-electron chi connectivity index (χ1n) is 13.0. The first kappa shape index (κ1) is 25.9. The van der Waals surface area contributed by atoms with Gasteiger partial charge in [0.25, 0.3) is 0 Å². The summed E-state index contributed by atoms with van der Waals surface area (Å²) in [5, 5.41) is 0. The maximum absolute atomic E-state index is 12.4. The van der Waals surface area contributed by atoms with Gasteiger partial charge in [-0.25, -0.2) is 4.79 Å². The van der Waals surface area contributed by atoms with Gasteiger partial charge in [0, 0.05) is 72.5 Å². The lowest BCUT2D eigenvalue weighted by atomic mass is 10.1. The lowest BCUT2D eigenvalue weighted by Crippen LogP contribution is -2.54. The van der Waals surface area contributed by atoms with Crippen LogP contribution in [0.15, 0.2) is 30.3 Å². The van der Waals surface area contributed by atoms with E-state index < -0.39 is 0 Å². The molecule has 3 aliphatic rings. The molecular formula is C26H41N5O4. The molecule has 1 aromatic rings. The van der Waals surface area contributed by atoms with Gasteiger partial charge in [-0.2, -0.15) is 0 Å². The molecule has 3 fully saturated rings. The summed E-state index contributed by atoms with van der Waals surface area (Å²) >= 11 is 0. The highest BCUT2D eigenvalue weighted by Crippen LogP contribution is 2.26. The Balaban J connectivity index is 1.18. The van der Waals surface area contributed by atoms with Gasteiger partial charge in [-0.15, -0.1) is 0 Å². The van der Waals surface area contributed by atoms with E-state index in [2.05, 4.69) is 49.9 Å². The third kappa shape index (κ3) is 7.16. The van der Waals surface area contributed by atoms with Crippen LogP contribution in [0.2, 0.25) is 0 Å². The quantitative estimate of drug-likeness (QED) is 0.461. The van der Waals surface area contributed by atoms with Crippen LogP contribution in [0, 0.1) is 0 Å². The molecule has 1 aromatic carbocycles. The van der Waals surface area contributed by atoms with Gasteiger partial charge in [0.15, 0.2) is 6.23 Å². The number of rotatable bonds is 10. The van der Waals surface area contributed by atoms with Crippen molar-refractivity contribution in [3.63, 3.8) is 0 Å². The normalized spacial score (nSPS) is 25.1. The van der Waals surface area contributed by atoms with Crippen LogP contribution in [0.3, 0.4) is 0 Å². The summed E-state index contributed by atoms with van der Waals surface area (Å²) < 4.78 is 10.5. The number of amides is 1. The van der Waals surface area contributed by atoms with Crippen LogP contribution in [0.4, 0.5) is 4.79 Å². The Morgan fingerprint density at radius 2 is 1.57 bits per heavy atom. The maximum atomic E-state index is 12.4. The zero-order valence-electron chi connectivity index (χ0n) is 21.3. The van der Waals surface area contributed by atoms with Crippen LogP contribution in [0.25, 0.3) is 0 Å². The topological polar surface area (TPSA) is 68.8 Å². The van der Waals surface area contributed by atoms with Crippen molar-refractivity contribution in [3.05, 3.63) is 35.9 Å². The van der Waals surface area contributed by atoms with E-state index in [9.17, 15) is 9.59 Å². The number of nitrogens with zero attached hydrogens (tertiary/aromatic N) is 5. The molecule has 0 aromatic heterocycles. The molecule has 35 heavy (non-hydrogen) atoms. The molecule has 0 aliphatic carbocycles. The predicted octanol–water partition coefficient (Wildman–Crippen LogP) is 1.54. The van der Waals surface area contributed by atoms with E-state index in [0.29, 0.717) is 13.0 Å². The van der Waals surface area contributed by atoms with E-state index >= 15 is 0 Å². The number of benzene rings is 1. The first-order valence-corrected chi connectivity index (χ1v) is 13.0. The second-order valence-electron chi connectivity index (χ2n) is 9.90. The number of likely N-dealkylation sites (N-methyl/N-ethyl adjacent to an activating group) is 1. The first-order chi connectivity index (χ1) is 17.0. The smallest absolute Gasteiger partial charge is 0.411 e. The molecule has 0 radical (unpaired) electrons. The van der Waals surface area contributed by atoms with Crippen LogP contribution >= 0.6 is 0 Å². The predicted molar refractivity (Wildman–Crippen MR) is 134 cm³/mol. The molecule has 3 aliphatic heterocycles. The Kier molecular flexibility index (Phi) is 9.37. The number of esters is 1. The Bertz CT molecular complexity index is 809. The highest BCUT2D eigenvalue weighted by Gasteiger charge is 2.43. The van der Waals surface area contributed by atoms with Gasteiger partial charge in [0.2, 0.25) is 0 Å². The number of ether oxygens (including phenoxy) is 2. The zero-order valence-corrected chi connectivity index (χ0v) is 21.3. The van der Waals surface area contributed by atoms with Crippen molar-refractivity contribution in [2.45, 2.75) is 38.1 Å². The average Bonchev–Trinajstić information content (AvgIpc) is 3.18. The van der Waals surface area contributed by atoms with E-state index in [-0.39, 0.29) is 24.3 Å². The number of methoxy groups -OCH3 is 1. The summed E-state index contributed by atoms with van der Waals surface area (Å²) in [7, 11) is 3.29. The van der Waals surface area contributed by atoms with Crippen molar-refractivity contribution in [2.24, 2.45) is 0 Å². The third-order valence-corrected chi connectivity index (χ3v) is 7.65. The van der Waals surface area contributed by atoms with Gasteiger partial charge in [-0.05, 0) is 24.9 Å². The van der Waals surface area contributed by atoms with Crippen molar-refractivity contribution in [2.75, 3.05) is 79.6 Å². The standard InChI is InChI=1S/C26H41N5O4/c1-27-23(9-6-11-28-13-15-30(16-14-28)21-22-7-4-3-5-8-22)25(35-26(27)33)31-19-17-29(18-20-31)12-10-24(32)34-2/h3-5,7-8,23,25H,6,9-21H2,1-2H3. The summed E-state index contributed by atoms with van der Waals surface area (Å²) in [5.41, 5.74) is 1.38. The van der Waals surface area contributed by atoms with Crippen molar-refractivity contribution in [1.29, 1.82) is 0 Å². The largest absolute Gasteiger partial charge is 0.469 e. The monoisotopic (exact) mass is 487 g/mol. The van der Waals surface area contributed by atoms with Gasteiger partial charge in [-0.3, -0.25) is 14.6 Å². The molecule has 1 amide bonds. The fourth-order valence-electron chi connectivity index (χ4n) is 5.38. The molecule has 3 heterocycles. The van der Waals surface area contributed by atoms with E-state index in [1.807, 2.05) is 7.05 Å². The molecule has 0 spiro atoms. The summed E-state index contributed by atoms with van der Waals surface area (Å²) in [4.78, 5) is 35.2. The molecule has 4 rings (SSSR count). The molecule has 2 atom stereocenters. The van der Waals surface area contributed by atoms with Crippen molar-refractivity contribution in [3.8, 4) is 0 Å². The number of hydrogen-bond acceptors (Lipinski definition) is 8. The van der Waals surface area contributed by atoms with Gasteiger partial charge < -0.3 is 24.2 Å². The molecule has 0 N–H and O–H groups in total. The van der Waals surface area contributed by atoms with Gasteiger partial charge >= 0.3 is 12.1 Å². The second-order valence-corrected chi connectivity index (χ2v) is 9.90. The summed E-state index contributed by atoms with van der Waals surface area (Å²) in [5.74, 6) is -0.170. The van der Waals surface area contributed by atoms with Crippen LogP contribution in [-0.2, 0) is 20.8 Å². The van der Waals surface area contributed by atoms with Gasteiger partial charge in [0.05, 0.1) is 19.6 Å². The Morgan fingerprint density at radius 3 is 2.26 bits per heavy atom. The van der Waals surface area contributed by atoms with E-state index in [1.165, 1.54) is 12.7 Å². The third-order valence-electron chi connectivity index (χ3n) is 7.65. The molecule has 194 valence electrons. The minimum atomic E-state index is -0.220. The highest BCUT2D eigenvalue weighted by atomic mass is 16.6. The second kappa shape index (κ2) is 12.7. The van der Waals surface area contributed by atoms with Gasteiger partial charge in [0.1, 0.15) is 0 Å². The molecule has 9 nitrogen and oxygen atoms in total. The Hall–Kier alpha value is -2.20. The van der Waals surface area contributed by atoms with Crippen LogP contribution in [0.1, 0.15) is 24.8 Å². The van der Waals surface area contributed by atoms with Crippen molar-refractivity contribution in [1.82, 2.24) is 24.5 Å². The number of piperazine rings is 2. The number of carbonyl (C=O) groups is 2. The van der Waals surface area contributed by atoms with Crippen LogP contribution in [-0.4, -0.2) is 128 Å². The Morgan fingerprint density at radius 1 is 0.943 bits per heavy atom. The lowest BCUT2D eigenvalue weighted by Gasteiger charge is -2.39. The van der Waals surface area contributed by atoms with Gasteiger partial charge in [-0.1, -0.05) is 30.3 Å². The summed E-state index contributed by atoms with van der Waals surface area (Å²) in [6.45, 7) is 10.6. The van der Waals surface area contributed by atoms with Crippen molar-refractivity contribution >= 4 is 12.1 Å². The molecule has 2 unspecified atom stereocenters. The molecular weight excluding hydrogens is 446 g/mol. The van der Waals surface area contributed by atoms with Crippen LogP contribution in [0.5, 0.6) is 0 Å². The minimum absolute atomic E-state index is 0.0866. The fourth-order valence-corrected chi connectivity index (χ4v) is 5.38. The minimum Gasteiger partial charge on any atom is -0.469 e. The molecule has 3 saturated heterocycles. The molecule has 0 saturated carbocycles.